The first kappa shape index (κ1) is 37.9. The third-order valence-electron chi connectivity index (χ3n) is 14.5. The molecule has 0 unspecified atom stereocenters. The van der Waals surface area contributed by atoms with Crippen LogP contribution in [0, 0.1) is 0 Å². The highest BCUT2D eigenvalue weighted by Crippen LogP contribution is 2.58. The van der Waals surface area contributed by atoms with Gasteiger partial charge in [-0.2, -0.15) is 0 Å². The second-order valence-electron chi connectivity index (χ2n) is 20.0. The minimum Gasteiger partial charge on any atom is -0.544 e. The summed E-state index contributed by atoms with van der Waals surface area (Å²) in [6.45, 7) is 23.2. The van der Waals surface area contributed by atoms with E-state index in [2.05, 4.69) is 189 Å². The molecular formula is C53H58O2Si2. The first-order valence-corrected chi connectivity index (χ1v) is 26.9. The van der Waals surface area contributed by atoms with Gasteiger partial charge in [-0.1, -0.05) is 126 Å². The molecule has 290 valence electrons. The molecule has 0 radical (unpaired) electrons. The summed E-state index contributed by atoms with van der Waals surface area (Å²) in [5.74, 6) is 1.90. The van der Waals surface area contributed by atoms with Crippen molar-refractivity contribution < 1.29 is 8.85 Å². The van der Waals surface area contributed by atoms with Crippen LogP contribution in [0.2, 0.25) is 36.3 Å². The van der Waals surface area contributed by atoms with E-state index in [0.717, 1.165) is 11.5 Å². The Balaban J connectivity index is 1.27. The number of rotatable bonds is 8. The SMILES string of the molecule is CC(C)(C)[Si](C)(C)Oc1ccc(C2(c3ccc(O[Si](C)(C)C(C)(C)C)cc3)c3cc(-c4ccc5c(c4)CC5)ccc3-c3ccc(-c4ccc5c(c4)CC5)cc32)cc1. The van der Waals surface area contributed by atoms with E-state index in [0.29, 0.717) is 0 Å². The first-order valence-electron chi connectivity index (χ1n) is 21.1. The topological polar surface area (TPSA) is 18.5 Å². The second-order valence-corrected chi connectivity index (χ2v) is 29.5. The molecule has 0 spiro atoms. The Morgan fingerprint density at radius 1 is 0.404 bits per heavy atom. The van der Waals surface area contributed by atoms with E-state index in [1.54, 1.807) is 0 Å². The molecule has 57 heavy (non-hydrogen) atoms. The fourth-order valence-corrected chi connectivity index (χ4v) is 10.7. The quantitative estimate of drug-likeness (QED) is 0.143. The summed E-state index contributed by atoms with van der Waals surface area (Å²) >= 11 is 0. The Morgan fingerprint density at radius 3 is 1.05 bits per heavy atom. The van der Waals surface area contributed by atoms with Gasteiger partial charge in [-0.05, 0) is 176 Å². The Bertz CT molecular complexity index is 2350. The van der Waals surface area contributed by atoms with Crippen LogP contribution in [0.4, 0.5) is 0 Å². The Hall–Kier alpha value is -4.65. The normalized spacial score (nSPS) is 15.4. The Kier molecular flexibility index (Phi) is 8.77. The molecule has 0 atom stereocenters. The van der Waals surface area contributed by atoms with Crippen LogP contribution in [0.15, 0.2) is 121 Å². The van der Waals surface area contributed by atoms with E-state index in [1.807, 2.05) is 0 Å². The van der Waals surface area contributed by atoms with E-state index >= 15 is 0 Å². The maximum atomic E-state index is 6.88. The average Bonchev–Trinajstić information content (AvgIpc) is 3.42. The van der Waals surface area contributed by atoms with Crippen LogP contribution in [0.1, 0.15) is 86.1 Å². The fourth-order valence-electron chi connectivity index (χ4n) is 8.66. The van der Waals surface area contributed by atoms with E-state index in [1.165, 1.54) is 104 Å². The predicted molar refractivity (Wildman–Crippen MR) is 245 cm³/mol. The molecule has 0 heterocycles. The van der Waals surface area contributed by atoms with Crippen LogP contribution in [-0.2, 0) is 31.1 Å². The number of hydrogen-bond acceptors (Lipinski definition) is 2. The molecule has 4 heteroatoms. The lowest BCUT2D eigenvalue weighted by atomic mass is 9.67. The van der Waals surface area contributed by atoms with Gasteiger partial charge >= 0.3 is 0 Å². The van der Waals surface area contributed by atoms with Gasteiger partial charge in [0.15, 0.2) is 0 Å². The van der Waals surface area contributed by atoms with Gasteiger partial charge in [-0.15, -0.1) is 0 Å². The van der Waals surface area contributed by atoms with Crippen LogP contribution >= 0.6 is 0 Å². The van der Waals surface area contributed by atoms with Crippen LogP contribution in [0.3, 0.4) is 0 Å². The summed E-state index contributed by atoms with van der Waals surface area (Å²) in [6.07, 6.45) is 4.72. The van der Waals surface area contributed by atoms with Crippen molar-refractivity contribution in [1.82, 2.24) is 0 Å². The van der Waals surface area contributed by atoms with E-state index in [4.69, 9.17) is 8.85 Å². The third-order valence-corrected chi connectivity index (χ3v) is 23.2. The molecule has 6 aromatic carbocycles. The zero-order valence-electron chi connectivity index (χ0n) is 35.7. The highest BCUT2D eigenvalue weighted by Gasteiger charge is 2.47. The van der Waals surface area contributed by atoms with Crippen LogP contribution < -0.4 is 8.85 Å². The minimum absolute atomic E-state index is 0.105. The predicted octanol–water partition coefficient (Wildman–Crippen LogP) is 14.3. The van der Waals surface area contributed by atoms with Crippen LogP contribution in [-0.4, -0.2) is 16.6 Å². The molecule has 0 amide bonds. The molecule has 0 bridgehead atoms. The summed E-state index contributed by atoms with van der Waals surface area (Å²) < 4.78 is 13.8. The highest BCUT2D eigenvalue weighted by atomic mass is 28.4. The smallest absolute Gasteiger partial charge is 0.250 e. The van der Waals surface area contributed by atoms with Gasteiger partial charge in [-0.3, -0.25) is 0 Å². The molecule has 6 aromatic rings. The van der Waals surface area contributed by atoms with Crippen molar-refractivity contribution in [3.05, 3.63) is 166 Å². The van der Waals surface area contributed by atoms with Crippen LogP contribution in [0.25, 0.3) is 33.4 Å². The lowest BCUT2D eigenvalue weighted by molar-refractivity contribution is 0.491. The number of aryl methyl sites for hydroxylation is 4. The standard InChI is InChI=1S/C53H58O2Si2/c1-51(2,3)56(7,8)54-45-25-21-43(22-26-45)53(44-23-27-46(28-24-44)55-57(9,10)52(4,5)6)49-33-41(39-17-13-35-11-15-37(35)31-39)19-29-47(49)48-30-20-42(34-50(48)53)40-18-14-36-12-16-38(36)32-40/h13-14,17-34H,11-12,15-16H2,1-10H3. The van der Waals surface area contributed by atoms with Gasteiger partial charge in [0.05, 0.1) is 5.41 Å². The Morgan fingerprint density at radius 2 is 0.737 bits per heavy atom. The lowest BCUT2D eigenvalue weighted by Crippen LogP contribution is -2.43. The monoisotopic (exact) mass is 782 g/mol. The van der Waals surface area contributed by atoms with Gasteiger partial charge in [-0.25, -0.2) is 0 Å². The fraction of sp³-hybridized carbons (Fsp3) is 0.321. The van der Waals surface area contributed by atoms with Crippen molar-refractivity contribution in [1.29, 1.82) is 0 Å². The summed E-state index contributed by atoms with van der Waals surface area (Å²) in [6, 6.07) is 46.9. The summed E-state index contributed by atoms with van der Waals surface area (Å²) in [5, 5.41) is 0.211. The second kappa shape index (κ2) is 13.2. The molecule has 3 aliphatic carbocycles. The lowest BCUT2D eigenvalue weighted by Gasteiger charge is -2.38. The van der Waals surface area contributed by atoms with E-state index in [9.17, 15) is 0 Å². The van der Waals surface area contributed by atoms with Gasteiger partial charge in [0.1, 0.15) is 11.5 Å². The molecule has 0 aromatic heterocycles. The summed E-state index contributed by atoms with van der Waals surface area (Å²) in [5.41, 5.74) is 18.2. The third kappa shape index (κ3) is 6.26. The molecule has 0 N–H and O–H groups in total. The molecule has 0 aliphatic heterocycles. The van der Waals surface area contributed by atoms with Crippen LogP contribution in [0.5, 0.6) is 11.5 Å². The average molecular weight is 783 g/mol. The molecule has 0 saturated heterocycles. The molecule has 0 fully saturated rings. The molecular weight excluding hydrogens is 725 g/mol. The van der Waals surface area contributed by atoms with Crippen molar-refractivity contribution in [2.24, 2.45) is 0 Å². The van der Waals surface area contributed by atoms with E-state index < -0.39 is 22.0 Å². The maximum Gasteiger partial charge on any atom is 0.250 e. The molecule has 2 nitrogen and oxygen atoms in total. The zero-order valence-corrected chi connectivity index (χ0v) is 37.7. The summed E-state index contributed by atoms with van der Waals surface area (Å²) in [7, 11) is -4.08. The highest BCUT2D eigenvalue weighted by molar-refractivity contribution is 6.75. The Labute approximate surface area is 343 Å². The van der Waals surface area contributed by atoms with Crippen molar-refractivity contribution in [2.75, 3.05) is 0 Å². The van der Waals surface area contributed by atoms with Crippen molar-refractivity contribution >= 4 is 16.6 Å². The van der Waals surface area contributed by atoms with Crippen molar-refractivity contribution in [3.63, 3.8) is 0 Å². The molecule has 3 aliphatic rings. The minimum atomic E-state index is -2.04. The molecule has 9 rings (SSSR count). The van der Waals surface area contributed by atoms with Crippen molar-refractivity contribution in [3.8, 4) is 44.9 Å². The van der Waals surface area contributed by atoms with Crippen molar-refractivity contribution in [2.45, 2.75) is 109 Å². The molecule has 0 saturated carbocycles. The number of benzene rings is 6. The largest absolute Gasteiger partial charge is 0.544 e. The van der Waals surface area contributed by atoms with E-state index in [-0.39, 0.29) is 10.1 Å². The van der Waals surface area contributed by atoms with Gasteiger partial charge in [0.2, 0.25) is 16.6 Å². The number of hydrogen-bond donors (Lipinski definition) is 0. The van der Waals surface area contributed by atoms with Gasteiger partial charge in [0, 0.05) is 0 Å². The van der Waals surface area contributed by atoms with Gasteiger partial charge < -0.3 is 8.85 Å². The van der Waals surface area contributed by atoms with Gasteiger partial charge in [0.25, 0.3) is 0 Å². The first-order chi connectivity index (χ1) is 26.9. The number of fused-ring (bicyclic) bond motifs is 5. The maximum absolute atomic E-state index is 6.88. The zero-order chi connectivity index (χ0) is 40.1. The summed E-state index contributed by atoms with van der Waals surface area (Å²) in [4.78, 5) is 0.